The molecule has 0 amide bonds. The number of rotatable bonds is 3. The van der Waals surface area contributed by atoms with Gasteiger partial charge >= 0.3 is 0 Å². The molecular formula is C17H32N2. The molecule has 1 saturated heterocycles. The lowest BCUT2D eigenvalue weighted by atomic mass is 9.88. The highest BCUT2D eigenvalue weighted by Crippen LogP contribution is 2.48. The molecule has 3 rings (SSSR count). The van der Waals surface area contributed by atoms with Gasteiger partial charge in [0, 0.05) is 18.6 Å². The van der Waals surface area contributed by atoms with Crippen molar-refractivity contribution in [2.24, 2.45) is 17.8 Å². The average molecular weight is 264 g/mol. The molecule has 2 nitrogen and oxygen atoms in total. The van der Waals surface area contributed by atoms with E-state index in [1.807, 2.05) is 0 Å². The van der Waals surface area contributed by atoms with E-state index in [0.717, 1.165) is 23.8 Å². The third-order valence-corrected chi connectivity index (χ3v) is 6.06. The largest absolute Gasteiger partial charge is 0.311 e. The first-order valence-electron chi connectivity index (χ1n) is 8.73. The summed E-state index contributed by atoms with van der Waals surface area (Å²) in [5.41, 5.74) is 0. The fourth-order valence-electron chi connectivity index (χ4n) is 4.83. The summed E-state index contributed by atoms with van der Waals surface area (Å²) < 4.78 is 0. The molecule has 19 heavy (non-hydrogen) atoms. The second-order valence-corrected chi connectivity index (χ2v) is 7.49. The van der Waals surface area contributed by atoms with E-state index in [-0.39, 0.29) is 0 Å². The van der Waals surface area contributed by atoms with E-state index in [0.29, 0.717) is 6.04 Å². The highest BCUT2D eigenvalue weighted by Gasteiger charge is 2.39. The van der Waals surface area contributed by atoms with Crippen LogP contribution in [0.3, 0.4) is 0 Å². The summed E-state index contributed by atoms with van der Waals surface area (Å²) in [5.74, 6) is 3.24. The first-order chi connectivity index (χ1) is 9.24. The van der Waals surface area contributed by atoms with Crippen LogP contribution in [0.1, 0.15) is 58.8 Å². The Morgan fingerprint density at radius 1 is 1.05 bits per heavy atom. The Balaban J connectivity index is 1.52. The van der Waals surface area contributed by atoms with Crippen LogP contribution >= 0.6 is 0 Å². The molecule has 1 N–H and O–H groups in total. The molecule has 1 aliphatic heterocycles. The summed E-state index contributed by atoms with van der Waals surface area (Å²) in [4.78, 5) is 2.80. The minimum absolute atomic E-state index is 0.702. The van der Waals surface area contributed by atoms with Crippen LogP contribution in [0.2, 0.25) is 0 Å². The molecule has 0 aromatic rings. The SMILES string of the molecule is CCC1CCN(CC2CC3CCC2C3)CCC(C)N1. The quantitative estimate of drug-likeness (QED) is 0.841. The zero-order valence-corrected chi connectivity index (χ0v) is 12.9. The number of fused-ring (bicyclic) bond motifs is 2. The van der Waals surface area contributed by atoms with Crippen molar-refractivity contribution in [3.63, 3.8) is 0 Å². The van der Waals surface area contributed by atoms with Crippen molar-refractivity contribution < 1.29 is 0 Å². The van der Waals surface area contributed by atoms with Gasteiger partial charge in [-0.25, -0.2) is 0 Å². The first-order valence-corrected chi connectivity index (χ1v) is 8.73. The maximum atomic E-state index is 3.78. The monoisotopic (exact) mass is 264 g/mol. The summed E-state index contributed by atoms with van der Waals surface area (Å²) in [6.07, 6.45) is 10.2. The Labute approximate surface area is 119 Å². The molecule has 110 valence electrons. The molecule has 3 fully saturated rings. The molecule has 0 radical (unpaired) electrons. The van der Waals surface area contributed by atoms with Crippen molar-refractivity contribution in [2.75, 3.05) is 19.6 Å². The minimum atomic E-state index is 0.702. The van der Waals surface area contributed by atoms with Gasteiger partial charge in [-0.05, 0) is 76.3 Å². The van der Waals surface area contributed by atoms with E-state index >= 15 is 0 Å². The summed E-state index contributed by atoms with van der Waals surface area (Å²) in [5, 5.41) is 3.78. The van der Waals surface area contributed by atoms with Crippen LogP contribution in [0.15, 0.2) is 0 Å². The Hall–Kier alpha value is -0.0800. The van der Waals surface area contributed by atoms with Crippen LogP contribution < -0.4 is 5.32 Å². The molecule has 2 saturated carbocycles. The lowest BCUT2D eigenvalue weighted by Gasteiger charge is -2.35. The third-order valence-electron chi connectivity index (χ3n) is 6.06. The van der Waals surface area contributed by atoms with Gasteiger partial charge in [-0.3, -0.25) is 0 Å². The van der Waals surface area contributed by atoms with Gasteiger partial charge in [0.1, 0.15) is 0 Å². The molecule has 3 aliphatic rings. The van der Waals surface area contributed by atoms with Crippen LogP contribution in [-0.2, 0) is 0 Å². The Morgan fingerprint density at radius 2 is 1.89 bits per heavy atom. The highest BCUT2D eigenvalue weighted by atomic mass is 15.1. The zero-order chi connectivity index (χ0) is 13.2. The van der Waals surface area contributed by atoms with E-state index in [2.05, 4.69) is 24.1 Å². The normalized spacial score (nSPS) is 44.2. The van der Waals surface area contributed by atoms with Gasteiger partial charge in [-0.1, -0.05) is 13.3 Å². The van der Waals surface area contributed by atoms with Crippen LogP contribution in [-0.4, -0.2) is 36.6 Å². The van der Waals surface area contributed by atoms with Crippen molar-refractivity contribution in [2.45, 2.75) is 70.9 Å². The molecule has 2 aliphatic carbocycles. The lowest BCUT2D eigenvalue weighted by Crippen LogP contribution is -2.45. The Morgan fingerprint density at radius 3 is 2.58 bits per heavy atom. The standard InChI is InChI=1S/C17H32N2/c1-3-17-7-9-19(8-6-13(2)18-17)12-16-11-14-4-5-15(16)10-14/h13-18H,3-12H2,1-2H3. The maximum Gasteiger partial charge on any atom is 0.00790 e. The van der Waals surface area contributed by atoms with Gasteiger partial charge in [0.05, 0.1) is 0 Å². The van der Waals surface area contributed by atoms with Crippen molar-refractivity contribution >= 4 is 0 Å². The average Bonchev–Trinajstić information content (AvgIpc) is 3.00. The van der Waals surface area contributed by atoms with Crippen LogP contribution in [0.5, 0.6) is 0 Å². The molecule has 2 bridgehead atoms. The van der Waals surface area contributed by atoms with E-state index in [4.69, 9.17) is 0 Å². The van der Waals surface area contributed by atoms with Gasteiger partial charge in [0.2, 0.25) is 0 Å². The van der Waals surface area contributed by atoms with E-state index in [1.54, 1.807) is 25.7 Å². The predicted octanol–water partition coefficient (Wildman–Crippen LogP) is 3.28. The van der Waals surface area contributed by atoms with Crippen molar-refractivity contribution in [3.05, 3.63) is 0 Å². The molecule has 0 aromatic carbocycles. The molecule has 2 heteroatoms. The molecule has 0 spiro atoms. The van der Waals surface area contributed by atoms with Gasteiger partial charge in [-0.15, -0.1) is 0 Å². The Bertz CT molecular complexity index is 291. The minimum Gasteiger partial charge on any atom is -0.311 e. The fraction of sp³-hybridized carbons (Fsp3) is 1.00. The number of hydrogen-bond acceptors (Lipinski definition) is 2. The number of hydrogen-bond donors (Lipinski definition) is 1. The second-order valence-electron chi connectivity index (χ2n) is 7.49. The van der Waals surface area contributed by atoms with Crippen LogP contribution in [0.25, 0.3) is 0 Å². The maximum absolute atomic E-state index is 3.78. The molecular weight excluding hydrogens is 232 g/mol. The highest BCUT2D eigenvalue weighted by molar-refractivity contribution is 4.91. The third kappa shape index (κ3) is 3.33. The number of nitrogens with one attached hydrogen (secondary N) is 1. The summed E-state index contributed by atoms with van der Waals surface area (Å²) in [6.45, 7) is 8.74. The molecule has 1 heterocycles. The van der Waals surface area contributed by atoms with E-state index in [1.165, 1.54) is 38.9 Å². The number of nitrogens with zero attached hydrogens (tertiary/aromatic N) is 1. The second kappa shape index (κ2) is 6.13. The summed E-state index contributed by atoms with van der Waals surface area (Å²) >= 11 is 0. The van der Waals surface area contributed by atoms with Gasteiger partial charge < -0.3 is 10.2 Å². The van der Waals surface area contributed by atoms with Gasteiger partial charge in [0.25, 0.3) is 0 Å². The van der Waals surface area contributed by atoms with Crippen molar-refractivity contribution in [1.82, 2.24) is 10.2 Å². The Kier molecular flexibility index (Phi) is 4.48. The van der Waals surface area contributed by atoms with Crippen molar-refractivity contribution in [1.29, 1.82) is 0 Å². The van der Waals surface area contributed by atoms with Crippen LogP contribution in [0, 0.1) is 17.8 Å². The predicted molar refractivity (Wildman–Crippen MR) is 81.3 cm³/mol. The first kappa shape index (κ1) is 13.9. The molecule has 0 aromatic heterocycles. The topological polar surface area (TPSA) is 15.3 Å². The molecule has 5 atom stereocenters. The van der Waals surface area contributed by atoms with E-state index < -0.39 is 0 Å². The zero-order valence-electron chi connectivity index (χ0n) is 12.9. The van der Waals surface area contributed by atoms with Crippen LogP contribution in [0.4, 0.5) is 0 Å². The van der Waals surface area contributed by atoms with Gasteiger partial charge in [0.15, 0.2) is 0 Å². The molecule has 5 unspecified atom stereocenters. The van der Waals surface area contributed by atoms with Crippen molar-refractivity contribution in [3.8, 4) is 0 Å². The fourth-order valence-corrected chi connectivity index (χ4v) is 4.83. The summed E-state index contributed by atoms with van der Waals surface area (Å²) in [7, 11) is 0. The lowest BCUT2D eigenvalue weighted by molar-refractivity contribution is 0.161. The summed E-state index contributed by atoms with van der Waals surface area (Å²) in [6, 6.07) is 1.45. The van der Waals surface area contributed by atoms with Gasteiger partial charge in [-0.2, -0.15) is 0 Å². The van der Waals surface area contributed by atoms with E-state index in [9.17, 15) is 0 Å². The smallest absolute Gasteiger partial charge is 0.00790 e.